The summed E-state index contributed by atoms with van der Waals surface area (Å²) in [6, 6.07) is 4.40. The Labute approximate surface area is 225 Å². The molecule has 0 amide bonds. The summed E-state index contributed by atoms with van der Waals surface area (Å²) >= 11 is 0. The third-order valence-electron chi connectivity index (χ3n) is 6.12. The third kappa shape index (κ3) is 6.75. The highest BCUT2D eigenvalue weighted by Gasteiger charge is 2.22. The second-order valence-electron chi connectivity index (χ2n) is 9.55. The van der Waals surface area contributed by atoms with Crippen LogP contribution in [-0.2, 0) is 10.0 Å². The summed E-state index contributed by atoms with van der Waals surface area (Å²) in [7, 11) is -2.27. The van der Waals surface area contributed by atoms with Crippen molar-refractivity contribution < 1.29 is 12.8 Å². The van der Waals surface area contributed by atoms with Crippen molar-refractivity contribution in [2.45, 2.75) is 38.5 Å². The van der Waals surface area contributed by atoms with Crippen molar-refractivity contribution in [2.75, 3.05) is 35.9 Å². The number of sulfonamides is 1. The molecule has 1 aliphatic rings. The normalized spacial score (nSPS) is 18.6. The molecule has 3 aromatic heterocycles. The minimum absolute atomic E-state index is 0.0975. The van der Waals surface area contributed by atoms with Crippen LogP contribution >= 0.6 is 0 Å². The van der Waals surface area contributed by atoms with Gasteiger partial charge in [-0.1, -0.05) is 0 Å². The van der Waals surface area contributed by atoms with Gasteiger partial charge in [-0.3, -0.25) is 19.1 Å². The number of hydrogen-bond donors (Lipinski definition) is 4. The fourth-order valence-electron chi connectivity index (χ4n) is 4.38. The summed E-state index contributed by atoms with van der Waals surface area (Å²) in [6.07, 6.45) is 4.99. The summed E-state index contributed by atoms with van der Waals surface area (Å²) in [4.78, 5) is 30.5. The summed E-state index contributed by atoms with van der Waals surface area (Å²) < 4.78 is 42.7. The van der Waals surface area contributed by atoms with Crippen molar-refractivity contribution >= 4 is 39.0 Å². The molecule has 39 heavy (non-hydrogen) atoms. The molecule has 2 atom stereocenters. The van der Waals surface area contributed by atoms with Crippen LogP contribution in [0.5, 0.6) is 0 Å². The second kappa shape index (κ2) is 11.9. The average molecular weight is 558 g/mol. The highest BCUT2D eigenvalue weighted by molar-refractivity contribution is 7.92. The van der Waals surface area contributed by atoms with Crippen LogP contribution in [0.3, 0.4) is 0 Å². The molecule has 0 aromatic carbocycles. The molecule has 4 heterocycles. The number of piperidine rings is 1. The third-order valence-corrected chi connectivity index (χ3v) is 7.35. The van der Waals surface area contributed by atoms with Crippen molar-refractivity contribution in [3.05, 3.63) is 52.7 Å². The molecule has 0 spiro atoms. The van der Waals surface area contributed by atoms with E-state index in [1.165, 1.54) is 31.7 Å². The second-order valence-corrected chi connectivity index (χ2v) is 11.3. The first kappa shape index (κ1) is 28.1. The van der Waals surface area contributed by atoms with E-state index in [4.69, 9.17) is 5.73 Å². The Kier molecular flexibility index (Phi) is 8.55. The summed E-state index contributed by atoms with van der Waals surface area (Å²) in [6.45, 7) is 4.67. The van der Waals surface area contributed by atoms with Crippen molar-refractivity contribution in [1.82, 2.24) is 24.8 Å². The molecule has 1 saturated heterocycles. The molecule has 5 N–H and O–H groups in total. The van der Waals surface area contributed by atoms with Gasteiger partial charge in [0.2, 0.25) is 16.0 Å². The first-order valence-electron chi connectivity index (χ1n) is 12.4. The molecule has 0 aliphatic carbocycles. The van der Waals surface area contributed by atoms with Crippen LogP contribution in [-0.4, -0.2) is 72.3 Å². The Morgan fingerprint density at radius 2 is 2.10 bits per heavy atom. The lowest BCUT2D eigenvalue weighted by Crippen LogP contribution is -2.44. The van der Waals surface area contributed by atoms with Gasteiger partial charge >= 0.3 is 0 Å². The lowest BCUT2D eigenvalue weighted by Gasteiger charge is -2.26. The lowest BCUT2D eigenvalue weighted by atomic mass is 10.1. The van der Waals surface area contributed by atoms with Gasteiger partial charge < -0.3 is 16.4 Å². The van der Waals surface area contributed by atoms with Crippen LogP contribution < -0.4 is 26.6 Å². The standard InChI is InChI=1S/C25H32FN9O3S/c1-15(2)35-23-18(11-31-25(33-23)32-20-7-19(26)12-29-13-20)6-21(24(35)36)17-4-5-22(30-10-17)34-39(37,38)14-16(8-27)9-28-3/h4-6,8-11,15,19-20,29H,7,12-14,27H2,1-3H3,(H,30,34)(H,31,32,33)/b16-8+,28-9?/t19-,20-/m0/s1. The van der Waals surface area contributed by atoms with Gasteiger partial charge in [0, 0.05) is 79.3 Å². The minimum atomic E-state index is -3.78. The molecule has 3 aromatic rings. The minimum Gasteiger partial charge on any atom is -0.404 e. The number of rotatable bonds is 9. The number of aliphatic imine (C=N–C) groups is 1. The Hall–Kier alpha value is -3.91. The van der Waals surface area contributed by atoms with Crippen molar-refractivity contribution in [2.24, 2.45) is 10.7 Å². The van der Waals surface area contributed by atoms with Gasteiger partial charge in [0.15, 0.2) is 0 Å². The highest BCUT2D eigenvalue weighted by Crippen LogP contribution is 2.24. The average Bonchev–Trinajstić information content (AvgIpc) is 2.88. The smallest absolute Gasteiger partial charge is 0.260 e. The molecule has 14 heteroatoms. The van der Waals surface area contributed by atoms with E-state index in [2.05, 4.69) is 35.3 Å². The van der Waals surface area contributed by atoms with E-state index in [9.17, 15) is 17.6 Å². The number of fused-ring (bicyclic) bond motifs is 1. The molecule has 1 fully saturated rings. The lowest BCUT2D eigenvalue weighted by molar-refractivity contribution is 0.254. The van der Waals surface area contributed by atoms with Crippen LogP contribution in [0.1, 0.15) is 26.3 Å². The Balaban J connectivity index is 1.62. The summed E-state index contributed by atoms with van der Waals surface area (Å²) in [5, 5.41) is 6.83. The first-order chi connectivity index (χ1) is 18.6. The SMILES string of the molecule is CN=C/C(=C\N)CS(=O)(=O)Nc1ccc(-c2cc3cnc(N[C@@H]4CNC[C@@H](F)C4)nc3n(C(C)C)c2=O)cn1. The van der Waals surface area contributed by atoms with Crippen molar-refractivity contribution in [3.8, 4) is 11.1 Å². The zero-order chi connectivity index (χ0) is 28.2. The fraction of sp³-hybridized carbons (Fsp3) is 0.400. The number of nitrogens with zero attached hydrogens (tertiary/aromatic N) is 5. The number of pyridine rings is 2. The van der Waals surface area contributed by atoms with E-state index in [1.807, 2.05) is 13.8 Å². The summed E-state index contributed by atoms with van der Waals surface area (Å²) in [5.41, 5.74) is 6.84. The molecule has 12 nitrogen and oxygen atoms in total. The Bertz CT molecular complexity index is 1550. The molecule has 0 radical (unpaired) electrons. The first-order valence-corrected chi connectivity index (χ1v) is 14.1. The van der Waals surface area contributed by atoms with Gasteiger partial charge in [-0.05, 0) is 38.2 Å². The van der Waals surface area contributed by atoms with E-state index in [0.717, 1.165) is 0 Å². The van der Waals surface area contributed by atoms with E-state index in [1.54, 1.807) is 22.9 Å². The molecule has 0 saturated carbocycles. The van der Waals surface area contributed by atoms with Crippen LogP contribution in [0.2, 0.25) is 0 Å². The number of hydrogen-bond acceptors (Lipinski definition) is 10. The maximum atomic E-state index is 13.8. The summed E-state index contributed by atoms with van der Waals surface area (Å²) in [5.74, 6) is 0.0534. The molecular weight excluding hydrogens is 525 g/mol. The molecule has 208 valence electrons. The Morgan fingerprint density at radius 1 is 1.31 bits per heavy atom. The molecule has 0 bridgehead atoms. The fourth-order valence-corrected chi connectivity index (χ4v) is 5.50. The predicted molar refractivity (Wildman–Crippen MR) is 151 cm³/mol. The highest BCUT2D eigenvalue weighted by atomic mass is 32.2. The largest absolute Gasteiger partial charge is 0.404 e. The van der Waals surface area contributed by atoms with Crippen LogP contribution in [0.15, 0.2) is 52.2 Å². The Morgan fingerprint density at radius 3 is 2.74 bits per heavy atom. The maximum Gasteiger partial charge on any atom is 0.260 e. The number of anilines is 2. The number of alkyl halides is 1. The van der Waals surface area contributed by atoms with Crippen LogP contribution in [0.4, 0.5) is 16.2 Å². The monoisotopic (exact) mass is 557 g/mol. The van der Waals surface area contributed by atoms with Gasteiger partial charge in [-0.2, -0.15) is 4.98 Å². The topological polar surface area (TPSA) is 169 Å². The van der Waals surface area contributed by atoms with Crippen LogP contribution in [0.25, 0.3) is 22.2 Å². The van der Waals surface area contributed by atoms with E-state index in [-0.39, 0.29) is 29.2 Å². The van der Waals surface area contributed by atoms with Gasteiger partial charge in [-0.25, -0.2) is 22.8 Å². The van der Waals surface area contributed by atoms with Gasteiger partial charge in [0.1, 0.15) is 17.6 Å². The van der Waals surface area contributed by atoms with E-state index < -0.39 is 16.2 Å². The molecule has 0 unspecified atom stereocenters. The van der Waals surface area contributed by atoms with E-state index >= 15 is 0 Å². The van der Waals surface area contributed by atoms with Gasteiger partial charge in [0.25, 0.3) is 5.56 Å². The van der Waals surface area contributed by atoms with Gasteiger partial charge in [0.05, 0.1) is 5.75 Å². The number of halogens is 1. The molecule has 1 aliphatic heterocycles. The van der Waals surface area contributed by atoms with Crippen molar-refractivity contribution in [1.29, 1.82) is 0 Å². The zero-order valence-corrected chi connectivity index (χ0v) is 22.7. The van der Waals surface area contributed by atoms with Crippen LogP contribution in [0, 0.1) is 0 Å². The molecular formula is C25H32FN9O3S. The quantitative estimate of drug-likeness (QED) is 0.287. The molecule has 4 rings (SSSR count). The van der Waals surface area contributed by atoms with Crippen molar-refractivity contribution in [3.63, 3.8) is 0 Å². The number of nitrogens with one attached hydrogen (secondary N) is 3. The van der Waals surface area contributed by atoms with Gasteiger partial charge in [-0.15, -0.1) is 0 Å². The number of nitrogens with two attached hydrogens (primary N) is 1. The van der Waals surface area contributed by atoms with E-state index in [0.29, 0.717) is 53.2 Å². The zero-order valence-electron chi connectivity index (χ0n) is 21.9. The number of aromatic nitrogens is 4. The maximum absolute atomic E-state index is 13.8. The predicted octanol–water partition coefficient (Wildman–Crippen LogP) is 1.83.